The van der Waals surface area contributed by atoms with Gasteiger partial charge in [-0.2, -0.15) is 15.2 Å². The summed E-state index contributed by atoms with van der Waals surface area (Å²) in [6, 6.07) is 15.3. The van der Waals surface area contributed by atoms with E-state index < -0.39 is 5.16 Å². The molecule has 0 radical (unpaired) electrons. The first-order chi connectivity index (χ1) is 21.8. The van der Waals surface area contributed by atoms with E-state index in [9.17, 15) is 15.2 Å². The van der Waals surface area contributed by atoms with Crippen LogP contribution in [0.3, 0.4) is 0 Å². The lowest BCUT2D eigenvalue weighted by Crippen LogP contribution is -2.64. The van der Waals surface area contributed by atoms with E-state index in [1.54, 1.807) is 4.90 Å². The Morgan fingerprint density at radius 3 is 2.78 bits per heavy atom. The highest BCUT2D eigenvalue weighted by atomic mass is 35.5. The molecule has 1 aromatic heterocycles. The quantitative estimate of drug-likeness (QED) is 0.292. The maximum absolute atomic E-state index is 13.1. The number of piperazine rings is 1. The molecule has 45 heavy (non-hydrogen) atoms. The minimum absolute atomic E-state index is 0.173. The normalized spacial score (nSPS) is 22.3. The summed E-state index contributed by atoms with van der Waals surface area (Å²) in [6.45, 7) is 4.28. The lowest BCUT2D eigenvalue weighted by atomic mass is 10.0. The molecule has 4 heterocycles. The summed E-state index contributed by atoms with van der Waals surface area (Å²) >= 11 is 6.72. The summed E-state index contributed by atoms with van der Waals surface area (Å²) in [4.78, 5) is 31.8. The van der Waals surface area contributed by atoms with Crippen molar-refractivity contribution in [2.45, 2.75) is 43.4 Å². The Kier molecular flexibility index (Phi) is 9.28. The Morgan fingerprint density at radius 2 is 2.02 bits per heavy atom. The van der Waals surface area contributed by atoms with E-state index in [2.05, 4.69) is 52.1 Å². The largest absolute Gasteiger partial charge is 0.462 e. The fraction of sp³-hybridized carbons (Fsp3) is 0.455. The fourth-order valence-corrected chi connectivity index (χ4v) is 8.27. The van der Waals surface area contributed by atoms with Crippen molar-refractivity contribution < 1.29 is 14.6 Å². The molecule has 6 rings (SSSR count). The first-order valence-electron chi connectivity index (χ1n) is 15.7. The zero-order valence-corrected chi connectivity index (χ0v) is 28.7. The number of aromatic nitrogens is 2. The fourth-order valence-electron chi connectivity index (χ4n) is 7.01. The van der Waals surface area contributed by atoms with Crippen LogP contribution in [0.2, 0.25) is 5.02 Å². The van der Waals surface area contributed by atoms with E-state index in [1.807, 2.05) is 12.1 Å². The van der Waals surface area contributed by atoms with Crippen LogP contribution in [0.1, 0.15) is 30.5 Å². The molecule has 0 spiro atoms. The third-order valence-corrected chi connectivity index (χ3v) is 11.0. The highest BCUT2D eigenvalue weighted by molar-refractivity contribution is 6.36. The van der Waals surface area contributed by atoms with Crippen LogP contribution in [0.4, 0.5) is 11.5 Å². The highest BCUT2D eigenvalue weighted by Crippen LogP contribution is 2.38. The van der Waals surface area contributed by atoms with Gasteiger partial charge in [-0.05, 0) is 50.4 Å². The predicted octanol–water partition coefficient (Wildman–Crippen LogP) is 2.49. The topological polar surface area (TPSA) is 109 Å². The van der Waals surface area contributed by atoms with Gasteiger partial charge in [-0.25, -0.2) is 0 Å². The summed E-state index contributed by atoms with van der Waals surface area (Å²) < 4.78 is 6.32. The Bertz CT molecular complexity index is 1640. The van der Waals surface area contributed by atoms with Gasteiger partial charge in [0.1, 0.15) is 12.4 Å². The molecule has 0 aliphatic carbocycles. The van der Waals surface area contributed by atoms with E-state index in [-0.39, 0.29) is 18.9 Å². The van der Waals surface area contributed by atoms with Crippen molar-refractivity contribution in [2.24, 2.45) is 0 Å². The maximum atomic E-state index is 13.1. The third kappa shape index (κ3) is 6.38. The van der Waals surface area contributed by atoms with Gasteiger partial charge < -0.3 is 29.4 Å². The number of carbonyl (C=O) groups excluding carboxylic acids is 1. The molecule has 10 nitrogen and oxygen atoms in total. The highest BCUT2D eigenvalue weighted by Gasteiger charge is 2.41. The predicted molar refractivity (Wildman–Crippen MR) is 180 cm³/mol. The minimum atomic E-state index is -0.601. The number of hydrogen-bond acceptors (Lipinski definition) is 9. The van der Waals surface area contributed by atoms with Crippen molar-refractivity contribution in [3.05, 3.63) is 64.8 Å². The Labute approximate surface area is 272 Å². The number of ether oxygens (including phenoxy) is 1. The van der Waals surface area contributed by atoms with Crippen molar-refractivity contribution in [2.75, 3.05) is 62.8 Å². The molecule has 236 valence electrons. The average Bonchev–Trinajstić information content (AvgIpc) is 3.46. The van der Waals surface area contributed by atoms with Crippen LogP contribution >= 0.6 is 11.6 Å². The van der Waals surface area contributed by atoms with Gasteiger partial charge in [0.05, 0.1) is 41.5 Å². The lowest BCUT2D eigenvalue weighted by molar-refractivity contribution is -0.130. The molecule has 12 heteroatoms. The molecule has 2 atom stereocenters. The monoisotopic (exact) mass is 645 g/mol. The molecule has 0 unspecified atom stereocenters. The third-order valence-electron chi connectivity index (χ3n) is 9.44. The molecule has 1 amide bonds. The van der Waals surface area contributed by atoms with Gasteiger partial charge in [0.2, 0.25) is 5.91 Å². The molecule has 0 saturated carbocycles. The van der Waals surface area contributed by atoms with Crippen LogP contribution in [0, 0.1) is 11.3 Å². The van der Waals surface area contributed by atoms with Crippen LogP contribution in [-0.2, 0) is 17.8 Å². The molecule has 3 aromatic rings. The van der Waals surface area contributed by atoms with Gasteiger partial charge >= 0.3 is 6.01 Å². The smallest absolute Gasteiger partial charge is 0.318 e. The van der Waals surface area contributed by atoms with E-state index in [0.29, 0.717) is 55.1 Å². The van der Waals surface area contributed by atoms with Crippen LogP contribution < -0.4 is 14.5 Å². The number of benzene rings is 2. The van der Waals surface area contributed by atoms with Crippen LogP contribution in [0.15, 0.2) is 48.6 Å². The van der Waals surface area contributed by atoms with E-state index >= 15 is 0 Å². The van der Waals surface area contributed by atoms with Crippen LogP contribution in [0.5, 0.6) is 6.01 Å². The summed E-state index contributed by atoms with van der Waals surface area (Å²) in [7, 11) is 2.73. The first kappa shape index (κ1) is 31.3. The number of nitrogens with zero attached hydrogens (tertiary/aromatic N) is 7. The number of anilines is 2. The SMILES string of the molecule is CN1CCC[C@H]1COc1nc2c(c(N3CCN(C(=O)/C=C/CO)[C@]([SiH3])(CC#N)C3)n1)CCN(c1cccc3cccc(Cl)c13)C2. The van der Waals surface area contributed by atoms with E-state index in [1.165, 1.54) is 12.2 Å². The molecule has 2 saturated heterocycles. The summed E-state index contributed by atoms with van der Waals surface area (Å²) in [5.41, 5.74) is 3.09. The average molecular weight is 646 g/mol. The second kappa shape index (κ2) is 13.3. The number of nitriles is 1. The van der Waals surface area contributed by atoms with Crippen molar-refractivity contribution in [3.8, 4) is 12.1 Å². The molecular formula is C33H40ClN7O3Si. The molecule has 3 aliphatic rings. The number of carbonyl (C=O) groups is 1. The number of likely N-dealkylation sites (N-methyl/N-ethyl adjacent to an activating group) is 1. The van der Waals surface area contributed by atoms with Crippen molar-refractivity contribution in [1.82, 2.24) is 19.8 Å². The maximum Gasteiger partial charge on any atom is 0.318 e. The Morgan fingerprint density at radius 1 is 1.20 bits per heavy atom. The number of amides is 1. The lowest BCUT2D eigenvalue weighted by Gasteiger charge is -2.49. The number of aliphatic hydroxyl groups is 1. The number of hydrogen-bond donors (Lipinski definition) is 1. The first-order valence-corrected chi connectivity index (χ1v) is 17.0. The van der Waals surface area contributed by atoms with Gasteiger partial charge in [-0.3, -0.25) is 4.79 Å². The van der Waals surface area contributed by atoms with Crippen LogP contribution in [-0.4, -0.2) is 105 Å². The number of rotatable bonds is 8. The van der Waals surface area contributed by atoms with Crippen molar-refractivity contribution >= 4 is 50.0 Å². The van der Waals surface area contributed by atoms with E-state index in [4.69, 9.17) is 26.3 Å². The number of aliphatic hydroxyl groups excluding tert-OH is 1. The molecular weight excluding hydrogens is 606 g/mol. The van der Waals surface area contributed by atoms with Crippen molar-refractivity contribution in [3.63, 3.8) is 0 Å². The summed E-state index contributed by atoms with van der Waals surface area (Å²) in [5.74, 6) is 0.661. The molecule has 2 fully saturated rings. The van der Waals surface area contributed by atoms with Gasteiger partial charge in [0.25, 0.3) is 0 Å². The van der Waals surface area contributed by atoms with Gasteiger partial charge in [-0.1, -0.05) is 41.9 Å². The van der Waals surface area contributed by atoms with E-state index in [0.717, 1.165) is 70.9 Å². The molecule has 2 aromatic carbocycles. The Balaban J connectivity index is 1.35. The van der Waals surface area contributed by atoms with Gasteiger partial charge in [-0.15, -0.1) is 0 Å². The standard InChI is InChI=1S/C33H40ClN7O3Si/c1-38-15-4-8-24(38)21-44-32-36-27-20-39(28-10-3-7-23-6-2-9-26(34)30(23)28)16-12-25(27)31(37-32)40-17-18-41(29(43)11-5-19-42)33(45,22-40)13-14-35/h2-3,5-7,9-11,24,42H,4,8,12-13,15-22H2,1,45H3/b11-5+/t24-,33-/m0/s1. The minimum Gasteiger partial charge on any atom is -0.462 e. The second-order valence-corrected chi connectivity index (χ2v) is 14.7. The molecule has 3 aliphatic heterocycles. The zero-order chi connectivity index (χ0) is 31.6. The van der Waals surface area contributed by atoms with Crippen molar-refractivity contribution in [1.29, 1.82) is 5.26 Å². The zero-order valence-electron chi connectivity index (χ0n) is 26.0. The number of fused-ring (bicyclic) bond motifs is 2. The number of likely N-dealkylation sites (tertiary alicyclic amines) is 1. The molecule has 1 N–H and O–H groups in total. The van der Waals surface area contributed by atoms with Gasteiger partial charge in [0, 0.05) is 65.2 Å². The Hall–Kier alpha value is -3.69. The summed E-state index contributed by atoms with van der Waals surface area (Å²) in [5, 5.41) is 21.2. The number of halogens is 1. The van der Waals surface area contributed by atoms with Gasteiger partial charge in [0.15, 0.2) is 0 Å². The second-order valence-electron chi connectivity index (χ2n) is 12.5. The van der Waals surface area contributed by atoms with Crippen LogP contribution in [0.25, 0.3) is 10.8 Å². The molecule has 0 bridgehead atoms. The summed E-state index contributed by atoms with van der Waals surface area (Å²) in [6.07, 6.45) is 6.07.